The number of benzene rings is 1. The number of nitrogens with zero attached hydrogens (tertiary/aromatic N) is 1. The number of hydrogen-bond donors (Lipinski definition) is 0. The second kappa shape index (κ2) is 5.90. The van der Waals surface area contributed by atoms with Gasteiger partial charge in [0.25, 0.3) is 5.91 Å². The first-order chi connectivity index (χ1) is 9.47. The van der Waals surface area contributed by atoms with Crippen LogP contribution in [0, 0.1) is 12.7 Å². The lowest BCUT2D eigenvalue weighted by molar-refractivity contribution is 0.0675. The number of hydrogen-bond acceptors (Lipinski definition) is 2. The minimum absolute atomic E-state index is 0.0259. The van der Waals surface area contributed by atoms with Gasteiger partial charge in [0, 0.05) is 11.6 Å². The predicted octanol–water partition coefficient (Wildman–Crippen LogP) is 3.78. The fourth-order valence-electron chi connectivity index (χ4n) is 1.99. The third kappa shape index (κ3) is 3.26. The van der Waals surface area contributed by atoms with Crippen molar-refractivity contribution >= 4 is 5.91 Å². The molecule has 2 aromatic rings. The monoisotopic (exact) mass is 275 g/mol. The number of aryl methyl sites for hydroxylation is 1. The van der Waals surface area contributed by atoms with Crippen LogP contribution in [0.2, 0.25) is 0 Å². The summed E-state index contributed by atoms with van der Waals surface area (Å²) in [4.78, 5) is 14.2. The van der Waals surface area contributed by atoms with Gasteiger partial charge >= 0.3 is 0 Å². The number of amides is 1. The van der Waals surface area contributed by atoms with Gasteiger partial charge in [-0.3, -0.25) is 4.79 Å². The number of halogens is 1. The minimum atomic E-state index is -0.348. The first kappa shape index (κ1) is 14.3. The first-order valence-corrected chi connectivity index (χ1v) is 6.59. The van der Waals surface area contributed by atoms with Crippen LogP contribution in [0.1, 0.15) is 35.7 Å². The first-order valence-electron chi connectivity index (χ1n) is 6.59. The van der Waals surface area contributed by atoms with Crippen molar-refractivity contribution in [3.8, 4) is 0 Å². The fraction of sp³-hybridized carbons (Fsp3) is 0.312. The van der Waals surface area contributed by atoms with Crippen molar-refractivity contribution in [3.05, 3.63) is 59.3 Å². The molecule has 0 atom stereocenters. The zero-order valence-corrected chi connectivity index (χ0v) is 11.9. The summed E-state index contributed by atoms with van der Waals surface area (Å²) in [5, 5.41) is 0. The molecule has 0 aliphatic carbocycles. The summed E-state index contributed by atoms with van der Waals surface area (Å²) in [5.41, 5.74) is 0.475. The number of carbonyl (C=O) groups excluding carboxylic acids is 1. The summed E-state index contributed by atoms with van der Waals surface area (Å²) in [5.74, 6) is 1.08. The van der Waals surface area contributed by atoms with Gasteiger partial charge in [-0.25, -0.2) is 4.39 Å². The Labute approximate surface area is 118 Å². The predicted molar refractivity (Wildman–Crippen MR) is 74.9 cm³/mol. The molecule has 0 aliphatic rings. The van der Waals surface area contributed by atoms with Gasteiger partial charge < -0.3 is 9.32 Å². The maximum absolute atomic E-state index is 12.9. The second-order valence-corrected chi connectivity index (χ2v) is 5.05. The van der Waals surface area contributed by atoms with E-state index in [1.54, 1.807) is 4.90 Å². The van der Waals surface area contributed by atoms with Crippen molar-refractivity contribution in [1.29, 1.82) is 0 Å². The Morgan fingerprint density at radius 3 is 2.35 bits per heavy atom. The third-order valence-electron chi connectivity index (χ3n) is 3.10. The van der Waals surface area contributed by atoms with E-state index < -0.39 is 0 Å². The van der Waals surface area contributed by atoms with Crippen molar-refractivity contribution in [2.45, 2.75) is 33.4 Å². The van der Waals surface area contributed by atoms with Crippen LogP contribution in [0.3, 0.4) is 0 Å². The van der Waals surface area contributed by atoms with E-state index in [9.17, 15) is 9.18 Å². The lowest BCUT2D eigenvalue weighted by Gasteiger charge is -2.26. The van der Waals surface area contributed by atoms with Crippen LogP contribution in [0.25, 0.3) is 0 Å². The molecular weight excluding hydrogens is 257 g/mol. The molecule has 1 heterocycles. The molecule has 0 N–H and O–H groups in total. The van der Waals surface area contributed by atoms with Gasteiger partial charge in [-0.15, -0.1) is 0 Å². The molecule has 2 rings (SSSR count). The Balaban J connectivity index is 2.19. The molecule has 0 saturated heterocycles. The van der Waals surface area contributed by atoms with Crippen LogP contribution in [-0.4, -0.2) is 16.8 Å². The highest BCUT2D eigenvalue weighted by molar-refractivity contribution is 5.94. The van der Waals surface area contributed by atoms with E-state index >= 15 is 0 Å². The molecule has 0 unspecified atom stereocenters. The van der Waals surface area contributed by atoms with Crippen molar-refractivity contribution in [2.75, 3.05) is 0 Å². The molecule has 0 aliphatic heterocycles. The molecule has 0 bridgehead atoms. The van der Waals surface area contributed by atoms with Crippen LogP contribution in [0.4, 0.5) is 4.39 Å². The third-order valence-corrected chi connectivity index (χ3v) is 3.10. The Hall–Kier alpha value is -2.10. The lowest BCUT2D eigenvalue weighted by atomic mass is 10.1. The minimum Gasteiger partial charge on any atom is -0.464 e. The number of rotatable bonds is 4. The number of furan rings is 1. The Morgan fingerprint density at radius 1 is 1.20 bits per heavy atom. The molecule has 1 aromatic heterocycles. The van der Waals surface area contributed by atoms with Crippen molar-refractivity contribution in [3.63, 3.8) is 0 Å². The Morgan fingerprint density at radius 2 is 1.85 bits per heavy atom. The summed E-state index contributed by atoms with van der Waals surface area (Å²) in [6.07, 6.45) is 0. The van der Waals surface area contributed by atoms with Crippen LogP contribution in [0.5, 0.6) is 0 Å². The SMILES string of the molecule is Cc1ccc(CN(C(=O)c2ccc(F)cc2)C(C)C)o1. The summed E-state index contributed by atoms with van der Waals surface area (Å²) in [7, 11) is 0. The summed E-state index contributed by atoms with van der Waals surface area (Å²) < 4.78 is 18.4. The average Bonchev–Trinajstić information content (AvgIpc) is 2.81. The molecule has 0 fully saturated rings. The molecule has 3 nitrogen and oxygen atoms in total. The van der Waals surface area contributed by atoms with Gasteiger partial charge in [-0.05, 0) is 57.2 Å². The fourth-order valence-corrected chi connectivity index (χ4v) is 1.99. The largest absolute Gasteiger partial charge is 0.464 e. The second-order valence-electron chi connectivity index (χ2n) is 5.05. The molecule has 4 heteroatoms. The van der Waals surface area contributed by atoms with Crippen LogP contribution in [-0.2, 0) is 6.54 Å². The Bertz CT molecular complexity index is 587. The van der Waals surface area contributed by atoms with E-state index in [-0.39, 0.29) is 17.8 Å². The van der Waals surface area contributed by atoms with Gasteiger partial charge in [0.05, 0.1) is 6.54 Å². The summed E-state index contributed by atoms with van der Waals surface area (Å²) in [6, 6.07) is 9.35. The molecule has 20 heavy (non-hydrogen) atoms. The van der Waals surface area contributed by atoms with E-state index in [0.717, 1.165) is 11.5 Å². The molecule has 1 aromatic carbocycles. The highest BCUT2D eigenvalue weighted by Gasteiger charge is 2.20. The van der Waals surface area contributed by atoms with Gasteiger partial charge in [0.1, 0.15) is 17.3 Å². The normalized spacial score (nSPS) is 10.8. The molecule has 106 valence electrons. The Kier molecular flexibility index (Phi) is 4.23. The number of carbonyl (C=O) groups is 1. The zero-order valence-electron chi connectivity index (χ0n) is 11.9. The van der Waals surface area contributed by atoms with E-state index in [1.165, 1.54) is 24.3 Å². The molecule has 0 spiro atoms. The van der Waals surface area contributed by atoms with Crippen LogP contribution in [0.15, 0.2) is 40.8 Å². The van der Waals surface area contributed by atoms with E-state index in [1.807, 2.05) is 32.9 Å². The standard InChI is InChI=1S/C16H18FNO2/c1-11(2)18(10-15-9-4-12(3)20-15)16(19)13-5-7-14(17)8-6-13/h4-9,11H,10H2,1-3H3. The molecule has 1 amide bonds. The topological polar surface area (TPSA) is 33.5 Å². The average molecular weight is 275 g/mol. The van der Waals surface area contributed by atoms with Crippen LogP contribution < -0.4 is 0 Å². The molecule has 0 saturated carbocycles. The quantitative estimate of drug-likeness (QED) is 0.850. The lowest BCUT2D eigenvalue weighted by Crippen LogP contribution is -2.36. The maximum Gasteiger partial charge on any atom is 0.254 e. The van der Waals surface area contributed by atoms with Crippen LogP contribution >= 0.6 is 0 Å². The summed E-state index contributed by atoms with van der Waals surface area (Å²) >= 11 is 0. The van der Waals surface area contributed by atoms with E-state index in [2.05, 4.69) is 0 Å². The van der Waals surface area contributed by atoms with Gasteiger partial charge in [0.2, 0.25) is 0 Å². The van der Waals surface area contributed by atoms with Crippen molar-refractivity contribution in [2.24, 2.45) is 0 Å². The van der Waals surface area contributed by atoms with Crippen molar-refractivity contribution in [1.82, 2.24) is 4.90 Å². The van der Waals surface area contributed by atoms with Crippen molar-refractivity contribution < 1.29 is 13.6 Å². The van der Waals surface area contributed by atoms with Gasteiger partial charge in [-0.1, -0.05) is 0 Å². The highest BCUT2D eigenvalue weighted by atomic mass is 19.1. The highest BCUT2D eigenvalue weighted by Crippen LogP contribution is 2.15. The summed E-state index contributed by atoms with van der Waals surface area (Å²) in [6.45, 7) is 6.15. The molecule has 0 radical (unpaired) electrons. The smallest absolute Gasteiger partial charge is 0.254 e. The van der Waals surface area contributed by atoms with E-state index in [4.69, 9.17) is 4.42 Å². The van der Waals surface area contributed by atoms with Gasteiger partial charge in [-0.2, -0.15) is 0 Å². The molecular formula is C16H18FNO2. The maximum atomic E-state index is 12.9. The van der Waals surface area contributed by atoms with Gasteiger partial charge in [0.15, 0.2) is 0 Å². The zero-order chi connectivity index (χ0) is 14.7. The van der Waals surface area contributed by atoms with E-state index in [0.29, 0.717) is 12.1 Å².